The van der Waals surface area contributed by atoms with E-state index in [4.69, 9.17) is 0 Å². The summed E-state index contributed by atoms with van der Waals surface area (Å²) in [5.41, 5.74) is 0. The van der Waals surface area contributed by atoms with Crippen molar-refractivity contribution in [3.8, 4) is 0 Å². The fourth-order valence-electron chi connectivity index (χ4n) is 4.24. The van der Waals surface area contributed by atoms with Gasteiger partial charge in [-0.05, 0) is 63.2 Å². The van der Waals surface area contributed by atoms with E-state index in [-0.39, 0.29) is 0 Å². The van der Waals surface area contributed by atoms with E-state index in [1.54, 1.807) is 0 Å². The first-order chi connectivity index (χ1) is 11.5. The summed E-state index contributed by atoms with van der Waals surface area (Å²) in [5, 5.41) is 0. The van der Waals surface area contributed by atoms with E-state index < -0.39 is 0 Å². The largest absolute Gasteiger partial charge is 0.343 e. The summed E-state index contributed by atoms with van der Waals surface area (Å²) in [6, 6.07) is 0. The van der Waals surface area contributed by atoms with Gasteiger partial charge in [-0.1, -0.05) is 13.8 Å². The van der Waals surface area contributed by atoms with Crippen molar-refractivity contribution in [1.29, 1.82) is 0 Å². The number of hydrogen-bond donors (Lipinski definition) is 0. The molecule has 2 amide bonds. The van der Waals surface area contributed by atoms with Crippen LogP contribution in [0.5, 0.6) is 0 Å². The highest BCUT2D eigenvalue weighted by Gasteiger charge is 2.42. The highest BCUT2D eigenvalue weighted by Crippen LogP contribution is 2.40. The van der Waals surface area contributed by atoms with E-state index in [1.165, 1.54) is 6.42 Å². The number of rotatable bonds is 7. The Labute approximate surface area is 146 Å². The normalized spacial score (nSPS) is 32.5. The summed E-state index contributed by atoms with van der Waals surface area (Å²) in [4.78, 5) is 28.8. The second kappa shape index (κ2) is 7.45. The minimum Gasteiger partial charge on any atom is -0.343 e. The summed E-state index contributed by atoms with van der Waals surface area (Å²) >= 11 is 0. The molecule has 0 aromatic heterocycles. The molecule has 0 aromatic rings. The summed E-state index contributed by atoms with van der Waals surface area (Å²) in [6.07, 6.45) is 6.78. The number of carbonyl (C=O) groups excluding carboxylic acids is 2. The Morgan fingerprint density at radius 2 is 1.62 bits per heavy atom. The molecule has 4 heteroatoms. The van der Waals surface area contributed by atoms with Crippen molar-refractivity contribution >= 4 is 11.8 Å². The molecular weight excluding hydrogens is 300 g/mol. The molecule has 0 aromatic carbocycles. The van der Waals surface area contributed by atoms with Gasteiger partial charge in [0.2, 0.25) is 11.8 Å². The van der Waals surface area contributed by atoms with Gasteiger partial charge in [0, 0.05) is 38.0 Å². The molecule has 3 fully saturated rings. The third-order valence-corrected chi connectivity index (χ3v) is 6.51. The van der Waals surface area contributed by atoms with Gasteiger partial charge >= 0.3 is 0 Å². The van der Waals surface area contributed by atoms with Crippen LogP contribution in [0.3, 0.4) is 0 Å². The van der Waals surface area contributed by atoms with Gasteiger partial charge in [0.1, 0.15) is 0 Å². The zero-order chi connectivity index (χ0) is 17.3. The molecule has 0 bridgehead atoms. The van der Waals surface area contributed by atoms with Crippen molar-refractivity contribution in [3.05, 3.63) is 0 Å². The summed E-state index contributed by atoms with van der Waals surface area (Å²) < 4.78 is 0. The number of likely N-dealkylation sites (tertiary alicyclic amines) is 1. The van der Waals surface area contributed by atoms with Gasteiger partial charge in [0.15, 0.2) is 0 Å². The van der Waals surface area contributed by atoms with Crippen LogP contribution in [0.2, 0.25) is 0 Å². The highest BCUT2D eigenvalue weighted by molar-refractivity contribution is 5.82. The maximum atomic E-state index is 12.3. The molecule has 24 heavy (non-hydrogen) atoms. The van der Waals surface area contributed by atoms with Crippen LogP contribution in [0.4, 0.5) is 0 Å². The summed E-state index contributed by atoms with van der Waals surface area (Å²) in [7, 11) is 0. The Morgan fingerprint density at radius 3 is 2.12 bits per heavy atom. The minimum absolute atomic E-state index is 0.309. The van der Waals surface area contributed by atoms with E-state index in [1.807, 2.05) is 0 Å². The molecule has 2 saturated carbocycles. The lowest BCUT2D eigenvalue weighted by Crippen LogP contribution is -2.39. The zero-order valence-electron chi connectivity index (χ0n) is 15.7. The molecule has 1 aliphatic heterocycles. The average Bonchev–Trinajstić information content (AvgIpc) is 3.49. The van der Waals surface area contributed by atoms with Gasteiger partial charge in [0.05, 0.1) is 0 Å². The Balaban J connectivity index is 1.33. The third kappa shape index (κ3) is 4.12. The maximum Gasteiger partial charge on any atom is 0.225 e. The standard InChI is InChI=1S/C20H34N2O2/c1-4-21(19(23)17-12-14(17)2)9-5-6-16-7-10-22(11-8-16)20(24)18-13-15(18)3/h14-18H,4-13H2,1-3H3. The van der Waals surface area contributed by atoms with Crippen molar-refractivity contribution in [1.82, 2.24) is 9.80 Å². The van der Waals surface area contributed by atoms with Gasteiger partial charge < -0.3 is 9.80 Å². The van der Waals surface area contributed by atoms with Crippen LogP contribution in [0.15, 0.2) is 0 Å². The number of nitrogens with zero attached hydrogens (tertiary/aromatic N) is 2. The second-order valence-electron chi connectivity index (χ2n) is 8.47. The first-order valence-electron chi connectivity index (χ1n) is 10.1. The first kappa shape index (κ1) is 17.8. The fraction of sp³-hybridized carbons (Fsp3) is 0.900. The van der Waals surface area contributed by atoms with Crippen molar-refractivity contribution < 1.29 is 9.59 Å². The minimum atomic E-state index is 0.309. The Bertz CT molecular complexity index is 470. The number of amides is 2. The zero-order valence-corrected chi connectivity index (χ0v) is 15.7. The SMILES string of the molecule is CCN(CCCC1CCN(C(=O)C2CC2C)CC1)C(=O)C1CC1C. The molecule has 3 rings (SSSR count). The molecule has 3 aliphatic rings. The van der Waals surface area contributed by atoms with E-state index >= 15 is 0 Å². The Morgan fingerprint density at radius 1 is 1.04 bits per heavy atom. The fourth-order valence-corrected chi connectivity index (χ4v) is 4.24. The predicted molar refractivity (Wildman–Crippen MR) is 95.3 cm³/mol. The van der Waals surface area contributed by atoms with Crippen molar-refractivity contribution in [3.63, 3.8) is 0 Å². The van der Waals surface area contributed by atoms with Crippen LogP contribution in [-0.4, -0.2) is 47.8 Å². The lowest BCUT2D eigenvalue weighted by Gasteiger charge is -2.32. The quantitative estimate of drug-likeness (QED) is 0.717. The van der Waals surface area contributed by atoms with Crippen molar-refractivity contribution in [2.75, 3.05) is 26.2 Å². The first-order valence-corrected chi connectivity index (χ1v) is 10.1. The summed E-state index contributed by atoms with van der Waals surface area (Å²) in [5.74, 6) is 3.37. The highest BCUT2D eigenvalue weighted by atomic mass is 16.2. The van der Waals surface area contributed by atoms with E-state index in [0.717, 1.165) is 64.2 Å². The molecule has 1 saturated heterocycles. The van der Waals surface area contributed by atoms with Gasteiger partial charge in [0.25, 0.3) is 0 Å². The molecule has 0 radical (unpaired) electrons. The topological polar surface area (TPSA) is 40.6 Å². The monoisotopic (exact) mass is 334 g/mol. The van der Waals surface area contributed by atoms with E-state index in [2.05, 4.69) is 30.6 Å². The molecule has 1 heterocycles. The van der Waals surface area contributed by atoms with Crippen LogP contribution < -0.4 is 0 Å². The molecule has 0 spiro atoms. The molecule has 2 aliphatic carbocycles. The van der Waals surface area contributed by atoms with Crippen LogP contribution in [-0.2, 0) is 9.59 Å². The van der Waals surface area contributed by atoms with E-state index in [9.17, 15) is 9.59 Å². The smallest absolute Gasteiger partial charge is 0.225 e. The van der Waals surface area contributed by atoms with Gasteiger partial charge in [-0.25, -0.2) is 0 Å². The number of carbonyl (C=O) groups is 2. The molecule has 0 N–H and O–H groups in total. The van der Waals surface area contributed by atoms with Gasteiger partial charge in [-0.2, -0.15) is 0 Å². The summed E-state index contributed by atoms with van der Waals surface area (Å²) in [6.45, 7) is 10.1. The van der Waals surface area contributed by atoms with Crippen molar-refractivity contribution in [2.24, 2.45) is 29.6 Å². The van der Waals surface area contributed by atoms with Crippen molar-refractivity contribution in [2.45, 2.75) is 59.3 Å². The second-order valence-corrected chi connectivity index (χ2v) is 8.47. The predicted octanol–water partition coefficient (Wildman–Crippen LogP) is 3.17. The third-order valence-electron chi connectivity index (χ3n) is 6.51. The average molecular weight is 335 g/mol. The molecular formula is C20H34N2O2. The molecule has 4 unspecified atom stereocenters. The van der Waals surface area contributed by atoms with Crippen LogP contribution in [0, 0.1) is 29.6 Å². The Hall–Kier alpha value is -1.06. The number of piperidine rings is 1. The van der Waals surface area contributed by atoms with Crippen LogP contribution in [0.1, 0.15) is 59.3 Å². The Kier molecular flexibility index (Phi) is 5.51. The molecule has 136 valence electrons. The lowest BCUT2D eigenvalue weighted by molar-refractivity contribution is -0.135. The van der Waals surface area contributed by atoms with Gasteiger partial charge in [-0.3, -0.25) is 9.59 Å². The molecule has 4 nitrogen and oxygen atoms in total. The van der Waals surface area contributed by atoms with Crippen LogP contribution in [0.25, 0.3) is 0 Å². The maximum absolute atomic E-state index is 12.3. The number of hydrogen-bond acceptors (Lipinski definition) is 2. The van der Waals surface area contributed by atoms with Crippen LogP contribution >= 0.6 is 0 Å². The lowest BCUT2D eigenvalue weighted by atomic mass is 9.92. The van der Waals surface area contributed by atoms with Gasteiger partial charge in [-0.15, -0.1) is 0 Å². The molecule has 4 atom stereocenters. The van der Waals surface area contributed by atoms with E-state index in [0.29, 0.717) is 35.5 Å².